The zero-order chi connectivity index (χ0) is 5.91. The molecule has 0 amide bonds. The number of hydrogen-bond donors (Lipinski definition) is 2. The maximum absolute atomic E-state index is 5.02. The van der Waals surface area contributed by atoms with Gasteiger partial charge < -0.3 is 0 Å². The zero-order valence-corrected chi connectivity index (χ0v) is 4.99. The van der Waals surface area contributed by atoms with Gasteiger partial charge in [-0.25, -0.2) is 0 Å². The zero-order valence-electron chi connectivity index (χ0n) is 4.99. The molecule has 0 rings (SSSR count). The molecule has 2 heteroatoms. The van der Waals surface area contributed by atoms with Crippen LogP contribution in [-0.4, -0.2) is 6.54 Å². The minimum atomic E-state index is 0.0642. The van der Waals surface area contributed by atoms with Gasteiger partial charge in [0.15, 0.2) is 0 Å². The lowest BCUT2D eigenvalue weighted by Crippen LogP contribution is -2.32. The van der Waals surface area contributed by atoms with Gasteiger partial charge in [0.1, 0.15) is 0 Å². The van der Waals surface area contributed by atoms with Crippen LogP contribution in [0.2, 0.25) is 0 Å². The third kappa shape index (κ3) is 5.92. The van der Waals surface area contributed by atoms with E-state index in [0.29, 0.717) is 0 Å². The Morgan fingerprint density at radius 2 is 2.14 bits per heavy atom. The van der Waals surface area contributed by atoms with Gasteiger partial charge in [0.05, 0.1) is 0 Å². The second kappa shape index (κ2) is 2.28. The Balaban J connectivity index is 3.15. The second-order valence-electron chi connectivity index (χ2n) is 2.55. The summed E-state index contributed by atoms with van der Waals surface area (Å²) in [6.45, 7) is 8.62. The van der Waals surface area contributed by atoms with Gasteiger partial charge in [-0.05, 0) is 12.3 Å². The molecule has 43 valence electrons. The largest absolute Gasteiger partial charge is 0.271 e. The van der Waals surface area contributed by atoms with Gasteiger partial charge in [0.25, 0.3) is 0 Å². The maximum atomic E-state index is 5.02. The van der Waals surface area contributed by atoms with Crippen molar-refractivity contribution >= 4 is 0 Å². The van der Waals surface area contributed by atoms with E-state index in [0.717, 1.165) is 6.54 Å². The Morgan fingerprint density at radius 3 is 2.14 bits per heavy atom. The fourth-order valence-corrected chi connectivity index (χ4v) is 0.276. The first-order valence-corrected chi connectivity index (χ1v) is 2.35. The van der Waals surface area contributed by atoms with Crippen LogP contribution in [0.1, 0.15) is 13.8 Å². The topological polar surface area (TPSA) is 38.0 Å². The molecule has 7 heavy (non-hydrogen) atoms. The summed E-state index contributed by atoms with van der Waals surface area (Å²) in [6, 6.07) is 0. The van der Waals surface area contributed by atoms with Crippen LogP contribution in [-0.2, 0) is 0 Å². The van der Waals surface area contributed by atoms with Crippen molar-refractivity contribution in [2.75, 3.05) is 6.54 Å². The molecule has 0 saturated heterocycles. The van der Waals surface area contributed by atoms with Crippen LogP contribution in [0.25, 0.3) is 0 Å². The van der Waals surface area contributed by atoms with Crippen molar-refractivity contribution < 1.29 is 0 Å². The van der Waals surface area contributed by atoms with Crippen LogP contribution in [0.15, 0.2) is 0 Å². The van der Waals surface area contributed by atoms with E-state index in [9.17, 15) is 0 Å². The number of hydrazine groups is 1. The molecule has 1 radical (unpaired) electrons. The van der Waals surface area contributed by atoms with Gasteiger partial charge >= 0.3 is 0 Å². The smallest absolute Gasteiger partial charge is 0.0149 e. The molecular weight excluding hydrogens is 88.1 g/mol. The Morgan fingerprint density at radius 1 is 1.71 bits per heavy atom. The molecule has 0 aliphatic heterocycles. The summed E-state index contributed by atoms with van der Waals surface area (Å²) < 4.78 is 0. The molecule has 0 atom stereocenters. The molecule has 0 unspecified atom stereocenters. The molecule has 0 saturated carbocycles. The molecule has 0 spiro atoms. The van der Waals surface area contributed by atoms with Gasteiger partial charge in [-0.3, -0.25) is 11.3 Å². The highest BCUT2D eigenvalue weighted by atomic mass is 15.2. The summed E-state index contributed by atoms with van der Waals surface area (Å²) in [5.74, 6) is 5.02. The molecule has 0 heterocycles. The highest BCUT2D eigenvalue weighted by Crippen LogP contribution is 2.08. The monoisotopic (exact) mass is 101 g/mol. The van der Waals surface area contributed by atoms with Crippen molar-refractivity contribution in [3.8, 4) is 0 Å². The number of rotatable bonds is 2. The molecule has 0 fully saturated rings. The average molecular weight is 101 g/mol. The van der Waals surface area contributed by atoms with Crippen LogP contribution >= 0.6 is 0 Å². The van der Waals surface area contributed by atoms with E-state index in [2.05, 4.69) is 12.3 Å². The molecule has 0 aliphatic rings. The van der Waals surface area contributed by atoms with Crippen LogP contribution in [0, 0.1) is 12.3 Å². The summed E-state index contributed by atoms with van der Waals surface area (Å²) in [4.78, 5) is 0. The van der Waals surface area contributed by atoms with E-state index in [4.69, 9.17) is 5.84 Å². The van der Waals surface area contributed by atoms with Crippen LogP contribution < -0.4 is 11.3 Å². The van der Waals surface area contributed by atoms with Crippen molar-refractivity contribution in [3.05, 3.63) is 6.92 Å². The third-order valence-electron chi connectivity index (χ3n) is 0.581. The van der Waals surface area contributed by atoms with E-state index in [1.165, 1.54) is 0 Å². The molecular formula is C5H13N2. The van der Waals surface area contributed by atoms with Crippen LogP contribution in [0.3, 0.4) is 0 Å². The van der Waals surface area contributed by atoms with Crippen LogP contribution in [0.4, 0.5) is 0 Å². The lowest BCUT2D eigenvalue weighted by atomic mass is 9.98. The lowest BCUT2D eigenvalue weighted by molar-refractivity contribution is 0.436. The van der Waals surface area contributed by atoms with E-state index in [1.54, 1.807) is 0 Å². The van der Waals surface area contributed by atoms with Gasteiger partial charge in [-0.15, -0.1) is 0 Å². The van der Waals surface area contributed by atoms with Crippen molar-refractivity contribution in [2.24, 2.45) is 11.3 Å². The molecule has 0 bridgehead atoms. The van der Waals surface area contributed by atoms with Gasteiger partial charge in [0, 0.05) is 6.54 Å². The SMILES string of the molecule is [CH2]C(C)(C)CNN. The fraction of sp³-hybridized carbons (Fsp3) is 0.800. The predicted octanol–water partition coefficient (Wildman–Crippen LogP) is 0.310. The molecule has 0 aliphatic carbocycles. The van der Waals surface area contributed by atoms with Crippen molar-refractivity contribution in [1.29, 1.82) is 0 Å². The summed E-state index contributed by atoms with van der Waals surface area (Å²) in [7, 11) is 0. The Hall–Kier alpha value is -0.0800. The Kier molecular flexibility index (Phi) is 2.26. The van der Waals surface area contributed by atoms with Crippen molar-refractivity contribution in [3.63, 3.8) is 0 Å². The number of nitrogens with one attached hydrogen (secondary N) is 1. The van der Waals surface area contributed by atoms with Gasteiger partial charge in [0.2, 0.25) is 0 Å². The first-order valence-electron chi connectivity index (χ1n) is 2.35. The summed E-state index contributed by atoms with van der Waals surface area (Å²) in [6.07, 6.45) is 0. The Labute approximate surface area is 45.1 Å². The lowest BCUT2D eigenvalue weighted by Gasteiger charge is -2.15. The number of nitrogens with two attached hydrogens (primary N) is 1. The predicted molar refractivity (Wildman–Crippen MR) is 31.3 cm³/mol. The minimum Gasteiger partial charge on any atom is -0.271 e. The standard InChI is InChI=1S/C5H13N2/c1-5(2,3)4-7-6/h7H,1,4,6H2,2-3H3. The van der Waals surface area contributed by atoms with Gasteiger partial charge in [-0.2, -0.15) is 0 Å². The quantitative estimate of drug-likeness (QED) is 0.388. The minimum absolute atomic E-state index is 0.0642. The Bertz CT molecular complexity index is 44.5. The molecule has 0 aromatic heterocycles. The van der Waals surface area contributed by atoms with E-state index in [-0.39, 0.29) is 5.41 Å². The van der Waals surface area contributed by atoms with Gasteiger partial charge in [-0.1, -0.05) is 13.8 Å². The van der Waals surface area contributed by atoms with Crippen LogP contribution in [0.5, 0.6) is 0 Å². The van der Waals surface area contributed by atoms with E-state index < -0.39 is 0 Å². The first-order chi connectivity index (χ1) is 3.06. The summed E-state index contributed by atoms with van der Waals surface area (Å²) in [5.41, 5.74) is 2.61. The second-order valence-corrected chi connectivity index (χ2v) is 2.55. The molecule has 2 nitrogen and oxygen atoms in total. The highest BCUT2D eigenvalue weighted by Gasteiger charge is 2.06. The van der Waals surface area contributed by atoms with Crippen molar-refractivity contribution in [1.82, 2.24) is 5.43 Å². The average Bonchev–Trinajstić information content (AvgIpc) is 1.30. The maximum Gasteiger partial charge on any atom is 0.0149 e. The highest BCUT2D eigenvalue weighted by molar-refractivity contribution is 4.71. The molecule has 0 aromatic rings. The van der Waals surface area contributed by atoms with E-state index in [1.807, 2.05) is 13.8 Å². The summed E-state index contributed by atoms with van der Waals surface area (Å²) in [5, 5.41) is 0. The van der Waals surface area contributed by atoms with E-state index >= 15 is 0 Å². The third-order valence-corrected chi connectivity index (χ3v) is 0.581. The molecule has 0 aromatic carbocycles. The normalized spacial score (nSPS) is 12.0. The fourth-order valence-electron chi connectivity index (χ4n) is 0.276. The first kappa shape index (κ1) is 6.92. The number of hydrogen-bond acceptors (Lipinski definition) is 2. The van der Waals surface area contributed by atoms with Crippen molar-refractivity contribution in [2.45, 2.75) is 13.8 Å². The summed E-state index contributed by atoms with van der Waals surface area (Å²) >= 11 is 0. The molecule has 3 N–H and O–H groups in total.